The first kappa shape index (κ1) is 15.7. The maximum Gasteiger partial charge on any atom is 0.319 e. The number of methoxy groups -OCH3 is 1. The number of carbonyl (C=O) groups is 1. The van der Waals surface area contributed by atoms with Gasteiger partial charge in [0.1, 0.15) is 5.75 Å². The van der Waals surface area contributed by atoms with Crippen LogP contribution in [0.5, 0.6) is 5.75 Å². The quantitative estimate of drug-likeness (QED) is 0.783. The van der Waals surface area contributed by atoms with E-state index >= 15 is 0 Å². The van der Waals surface area contributed by atoms with Crippen LogP contribution in [0, 0.1) is 0 Å². The highest BCUT2D eigenvalue weighted by Crippen LogP contribution is 2.22. The molecule has 0 fully saturated rings. The highest BCUT2D eigenvalue weighted by Gasteiger charge is 2.03. The molecule has 0 radical (unpaired) electrons. The largest absolute Gasteiger partial charge is 0.497 e. The second-order valence-electron chi connectivity index (χ2n) is 5.19. The molecule has 2 aromatic carbocycles. The molecular formula is C17H21N3O2. The minimum Gasteiger partial charge on any atom is -0.497 e. The van der Waals surface area contributed by atoms with Gasteiger partial charge in [-0.15, -0.1) is 0 Å². The summed E-state index contributed by atoms with van der Waals surface area (Å²) < 4.78 is 5.19. The number of hydrogen-bond donors (Lipinski definition) is 3. The third kappa shape index (κ3) is 4.70. The Balaban J connectivity index is 1.98. The van der Waals surface area contributed by atoms with Gasteiger partial charge in [-0.1, -0.05) is 6.07 Å². The van der Waals surface area contributed by atoms with Crippen LogP contribution in [0.25, 0.3) is 0 Å². The lowest BCUT2D eigenvalue weighted by Crippen LogP contribution is -2.34. The summed E-state index contributed by atoms with van der Waals surface area (Å²) in [5.41, 5.74) is 2.62. The van der Waals surface area contributed by atoms with Crippen LogP contribution < -0.4 is 20.7 Å². The Hall–Kier alpha value is -2.69. The molecule has 3 N–H and O–H groups in total. The Morgan fingerprint density at radius 2 is 1.68 bits per heavy atom. The number of rotatable bonds is 5. The predicted octanol–water partition coefficient (Wildman–Crippen LogP) is 3.97. The van der Waals surface area contributed by atoms with E-state index < -0.39 is 0 Å². The van der Waals surface area contributed by atoms with Gasteiger partial charge in [0.25, 0.3) is 0 Å². The maximum atomic E-state index is 11.6. The molecule has 0 atom stereocenters. The molecule has 22 heavy (non-hydrogen) atoms. The van der Waals surface area contributed by atoms with Crippen molar-refractivity contribution >= 4 is 23.1 Å². The van der Waals surface area contributed by atoms with E-state index in [1.165, 1.54) is 0 Å². The lowest BCUT2D eigenvalue weighted by Gasteiger charge is -2.11. The van der Waals surface area contributed by atoms with Crippen molar-refractivity contribution in [3.8, 4) is 5.75 Å². The minimum absolute atomic E-state index is 0.106. The normalized spacial score (nSPS) is 10.2. The van der Waals surface area contributed by atoms with Crippen molar-refractivity contribution in [3.63, 3.8) is 0 Å². The molecule has 116 valence electrons. The van der Waals surface area contributed by atoms with E-state index in [0.29, 0.717) is 0 Å². The minimum atomic E-state index is -0.205. The highest BCUT2D eigenvalue weighted by molar-refractivity contribution is 5.89. The Kier molecular flexibility index (Phi) is 5.25. The molecule has 2 rings (SSSR count). The smallest absolute Gasteiger partial charge is 0.319 e. The van der Waals surface area contributed by atoms with E-state index in [2.05, 4.69) is 16.0 Å². The summed E-state index contributed by atoms with van der Waals surface area (Å²) in [4.78, 5) is 11.6. The summed E-state index contributed by atoms with van der Waals surface area (Å²) in [7, 11) is 1.64. The van der Waals surface area contributed by atoms with Crippen LogP contribution in [0.2, 0.25) is 0 Å². The maximum absolute atomic E-state index is 11.6. The number of hydrogen-bond acceptors (Lipinski definition) is 3. The number of benzene rings is 2. The average Bonchev–Trinajstić information content (AvgIpc) is 2.48. The van der Waals surface area contributed by atoms with Crippen molar-refractivity contribution in [1.29, 1.82) is 0 Å². The van der Waals surface area contributed by atoms with Gasteiger partial charge in [-0.05, 0) is 50.2 Å². The first-order chi connectivity index (χ1) is 10.6. The van der Waals surface area contributed by atoms with Crippen molar-refractivity contribution in [2.75, 3.05) is 17.7 Å². The van der Waals surface area contributed by atoms with E-state index in [-0.39, 0.29) is 12.1 Å². The van der Waals surface area contributed by atoms with Crippen LogP contribution in [-0.4, -0.2) is 19.2 Å². The molecule has 5 heteroatoms. The topological polar surface area (TPSA) is 62.4 Å². The van der Waals surface area contributed by atoms with Gasteiger partial charge in [0.2, 0.25) is 0 Å². The summed E-state index contributed by atoms with van der Waals surface area (Å²) in [6.07, 6.45) is 0. The zero-order chi connectivity index (χ0) is 15.9. The van der Waals surface area contributed by atoms with Gasteiger partial charge in [0.15, 0.2) is 0 Å². The molecule has 0 spiro atoms. The fourth-order valence-corrected chi connectivity index (χ4v) is 1.93. The zero-order valence-electron chi connectivity index (χ0n) is 13.0. The molecule has 0 aromatic heterocycles. The van der Waals surface area contributed by atoms with Gasteiger partial charge < -0.3 is 20.7 Å². The molecule has 0 saturated carbocycles. The summed E-state index contributed by atoms with van der Waals surface area (Å²) in [5.74, 6) is 0.800. The highest BCUT2D eigenvalue weighted by atomic mass is 16.5. The molecule has 0 aliphatic carbocycles. The predicted molar refractivity (Wildman–Crippen MR) is 90.0 cm³/mol. The first-order valence-corrected chi connectivity index (χ1v) is 7.15. The van der Waals surface area contributed by atoms with Gasteiger partial charge in [0.05, 0.1) is 7.11 Å². The van der Waals surface area contributed by atoms with Crippen LogP contribution in [0.1, 0.15) is 13.8 Å². The van der Waals surface area contributed by atoms with Crippen LogP contribution in [0.15, 0.2) is 48.5 Å². The Bertz CT molecular complexity index is 624. The van der Waals surface area contributed by atoms with Gasteiger partial charge in [0, 0.05) is 29.2 Å². The summed E-state index contributed by atoms with van der Waals surface area (Å²) in [5, 5.41) is 8.85. The number of carbonyl (C=O) groups excluding carboxylic acids is 1. The van der Waals surface area contributed by atoms with E-state index in [1.807, 2.05) is 62.4 Å². The number of urea groups is 1. The van der Waals surface area contributed by atoms with Gasteiger partial charge >= 0.3 is 6.03 Å². The van der Waals surface area contributed by atoms with Crippen molar-refractivity contribution in [3.05, 3.63) is 48.5 Å². The second-order valence-corrected chi connectivity index (χ2v) is 5.19. The van der Waals surface area contributed by atoms with Crippen molar-refractivity contribution in [1.82, 2.24) is 5.32 Å². The molecule has 5 nitrogen and oxygen atoms in total. The SMILES string of the molecule is COc1cccc(Nc2ccc(NC(=O)NC(C)C)cc2)c1. The van der Waals surface area contributed by atoms with E-state index in [9.17, 15) is 4.79 Å². The molecule has 0 heterocycles. The number of anilines is 3. The van der Waals surface area contributed by atoms with E-state index in [4.69, 9.17) is 4.74 Å². The molecule has 2 amide bonds. The molecule has 0 aliphatic heterocycles. The molecule has 0 unspecified atom stereocenters. The van der Waals surface area contributed by atoms with E-state index in [1.54, 1.807) is 7.11 Å². The van der Waals surface area contributed by atoms with Crippen molar-refractivity contribution in [2.45, 2.75) is 19.9 Å². The lowest BCUT2D eigenvalue weighted by atomic mass is 10.2. The van der Waals surface area contributed by atoms with Crippen LogP contribution >= 0.6 is 0 Å². The Morgan fingerprint density at radius 3 is 2.32 bits per heavy atom. The zero-order valence-corrected chi connectivity index (χ0v) is 13.0. The molecule has 2 aromatic rings. The third-order valence-electron chi connectivity index (χ3n) is 2.92. The standard InChI is InChI=1S/C17H21N3O2/c1-12(2)18-17(21)20-14-9-7-13(8-10-14)19-15-5-4-6-16(11-15)22-3/h4-12,19H,1-3H3,(H2,18,20,21). The fraction of sp³-hybridized carbons (Fsp3) is 0.235. The number of amides is 2. The van der Waals surface area contributed by atoms with Gasteiger partial charge in [-0.3, -0.25) is 0 Å². The summed E-state index contributed by atoms with van der Waals surface area (Å²) in [6.45, 7) is 3.83. The first-order valence-electron chi connectivity index (χ1n) is 7.15. The second kappa shape index (κ2) is 7.36. The Labute approximate surface area is 130 Å². The number of nitrogens with one attached hydrogen (secondary N) is 3. The van der Waals surface area contributed by atoms with Crippen molar-refractivity contribution < 1.29 is 9.53 Å². The Morgan fingerprint density at radius 1 is 1.00 bits per heavy atom. The van der Waals surface area contributed by atoms with Gasteiger partial charge in [-0.2, -0.15) is 0 Å². The van der Waals surface area contributed by atoms with E-state index in [0.717, 1.165) is 22.8 Å². The number of ether oxygens (including phenoxy) is 1. The van der Waals surface area contributed by atoms with Gasteiger partial charge in [-0.25, -0.2) is 4.79 Å². The lowest BCUT2D eigenvalue weighted by molar-refractivity contribution is 0.250. The molecule has 0 aliphatic rings. The monoisotopic (exact) mass is 299 g/mol. The van der Waals surface area contributed by atoms with Crippen LogP contribution in [-0.2, 0) is 0 Å². The molecule has 0 saturated heterocycles. The van der Waals surface area contributed by atoms with Crippen LogP contribution in [0.4, 0.5) is 21.9 Å². The molecule has 0 bridgehead atoms. The van der Waals surface area contributed by atoms with Crippen LogP contribution in [0.3, 0.4) is 0 Å². The third-order valence-corrected chi connectivity index (χ3v) is 2.92. The summed E-state index contributed by atoms with van der Waals surface area (Å²) in [6, 6.07) is 15.1. The molecular weight excluding hydrogens is 278 g/mol. The fourth-order valence-electron chi connectivity index (χ4n) is 1.93. The average molecular weight is 299 g/mol. The summed E-state index contributed by atoms with van der Waals surface area (Å²) >= 11 is 0. The van der Waals surface area contributed by atoms with Crippen molar-refractivity contribution in [2.24, 2.45) is 0 Å².